The van der Waals surface area contributed by atoms with Crippen molar-refractivity contribution < 1.29 is 0 Å². The van der Waals surface area contributed by atoms with Crippen LogP contribution in [0.5, 0.6) is 0 Å². The molecule has 0 aliphatic heterocycles. The molecule has 3 heteroatoms. The van der Waals surface area contributed by atoms with Gasteiger partial charge < -0.3 is 5.32 Å². The molecule has 0 aliphatic carbocycles. The fourth-order valence-corrected chi connectivity index (χ4v) is 3.10. The molecule has 0 fully saturated rings. The van der Waals surface area contributed by atoms with Crippen LogP contribution in [-0.2, 0) is 6.54 Å². The molecular weight excluding hydrogens is 264 g/mol. The highest BCUT2D eigenvalue weighted by Gasteiger charge is 2.11. The largest absolute Gasteiger partial charge is 0.304 e. The van der Waals surface area contributed by atoms with Crippen molar-refractivity contribution in [3.63, 3.8) is 0 Å². The van der Waals surface area contributed by atoms with E-state index in [0.717, 1.165) is 6.54 Å². The van der Waals surface area contributed by atoms with E-state index < -0.39 is 0 Å². The van der Waals surface area contributed by atoms with Crippen molar-refractivity contribution in [2.75, 3.05) is 0 Å². The van der Waals surface area contributed by atoms with Crippen molar-refractivity contribution >= 4 is 11.3 Å². The second-order valence-electron chi connectivity index (χ2n) is 5.20. The van der Waals surface area contributed by atoms with Gasteiger partial charge in [-0.25, -0.2) is 4.98 Å². The Morgan fingerprint density at radius 3 is 2.65 bits per heavy atom. The lowest BCUT2D eigenvalue weighted by molar-refractivity contribution is 0.473. The van der Waals surface area contributed by atoms with E-state index in [1.807, 2.05) is 6.20 Å². The number of nitrogens with zero attached hydrogens (tertiary/aromatic N) is 1. The van der Waals surface area contributed by atoms with Crippen LogP contribution < -0.4 is 5.32 Å². The number of thiazole rings is 1. The summed E-state index contributed by atoms with van der Waals surface area (Å²) in [4.78, 5) is 5.72. The van der Waals surface area contributed by atoms with Crippen molar-refractivity contribution in [3.05, 3.63) is 52.0 Å². The summed E-state index contributed by atoms with van der Waals surface area (Å²) in [6.45, 7) is 5.23. The van der Waals surface area contributed by atoms with Gasteiger partial charge in [-0.2, -0.15) is 0 Å². The highest BCUT2D eigenvalue weighted by atomic mass is 32.1. The molecule has 0 radical (unpaired) electrons. The van der Waals surface area contributed by atoms with Gasteiger partial charge in [0.2, 0.25) is 0 Å². The third-order valence-electron chi connectivity index (χ3n) is 3.47. The molecule has 1 aromatic carbocycles. The average Bonchev–Trinajstić information content (AvgIpc) is 2.89. The van der Waals surface area contributed by atoms with Crippen LogP contribution in [0, 0.1) is 6.92 Å². The number of unbranched alkanes of at least 4 members (excludes halogenated alkanes) is 2. The molecule has 108 valence electrons. The quantitative estimate of drug-likeness (QED) is 0.701. The van der Waals surface area contributed by atoms with Gasteiger partial charge in [0, 0.05) is 23.7 Å². The first-order valence-electron chi connectivity index (χ1n) is 7.49. The molecule has 0 spiro atoms. The van der Waals surface area contributed by atoms with E-state index in [9.17, 15) is 0 Å². The summed E-state index contributed by atoms with van der Waals surface area (Å²) in [5.41, 5.74) is 1.39. The zero-order chi connectivity index (χ0) is 14.2. The van der Waals surface area contributed by atoms with Crippen molar-refractivity contribution in [2.45, 2.75) is 52.1 Å². The topological polar surface area (TPSA) is 24.9 Å². The maximum atomic E-state index is 4.43. The molecule has 1 heterocycles. The number of rotatable bonds is 8. The Kier molecular flexibility index (Phi) is 6.22. The van der Waals surface area contributed by atoms with Crippen molar-refractivity contribution in [3.8, 4) is 0 Å². The smallest absolute Gasteiger partial charge is 0.107 e. The molecule has 20 heavy (non-hydrogen) atoms. The Bertz CT molecular complexity index is 493. The minimum absolute atomic E-state index is 0.437. The zero-order valence-corrected chi connectivity index (χ0v) is 13.2. The van der Waals surface area contributed by atoms with E-state index in [0.29, 0.717) is 6.04 Å². The van der Waals surface area contributed by atoms with Gasteiger partial charge in [0.05, 0.1) is 0 Å². The number of hydrogen-bond acceptors (Lipinski definition) is 3. The van der Waals surface area contributed by atoms with Crippen LogP contribution in [0.3, 0.4) is 0 Å². The fraction of sp³-hybridized carbons (Fsp3) is 0.471. The molecule has 0 bridgehead atoms. The first-order chi connectivity index (χ1) is 9.79. The fourth-order valence-electron chi connectivity index (χ4n) is 2.36. The summed E-state index contributed by atoms with van der Waals surface area (Å²) in [5, 5.41) is 4.85. The normalized spacial score (nSPS) is 12.5. The van der Waals surface area contributed by atoms with Crippen LogP contribution in [0.1, 0.15) is 54.1 Å². The summed E-state index contributed by atoms with van der Waals surface area (Å²) in [6, 6.07) is 11.2. The SMILES string of the molecule is CCCCCC(NCc1ncc(C)s1)c1ccccc1. The first kappa shape index (κ1) is 15.2. The maximum Gasteiger partial charge on any atom is 0.107 e. The third kappa shape index (κ3) is 4.73. The van der Waals surface area contributed by atoms with E-state index in [2.05, 4.69) is 54.5 Å². The summed E-state index contributed by atoms with van der Waals surface area (Å²) >= 11 is 1.78. The number of nitrogens with one attached hydrogen (secondary N) is 1. The van der Waals surface area contributed by atoms with Crippen LogP contribution >= 0.6 is 11.3 Å². The van der Waals surface area contributed by atoms with Crippen molar-refractivity contribution in [1.29, 1.82) is 0 Å². The predicted molar refractivity (Wildman–Crippen MR) is 87.0 cm³/mol. The molecule has 1 unspecified atom stereocenters. The molecule has 1 atom stereocenters. The van der Waals surface area contributed by atoms with E-state index in [-0.39, 0.29) is 0 Å². The maximum absolute atomic E-state index is 4.43. The first-order valence-corrected chi connectivity index (χ1v) is 8.31. The van der Waals surface area contributed by atoms with Crippen LogP contribution in [-0.4, -0.2) is 4.98 Å². The lowest BCUT2D eigenvalue weighted by atomic mass is 10.0. The van der Waals surface area contributed by atoms with Crippen molar-refractivity contribution in [2.24, 2.45) is 0 Å². The molecule has 2 nitrogen and oxygen atoms in total. The minimum Gasteiger partial charge on any atom is -0.304 e. The van der Waals surface area contributed by atoms with Gasteiger partial charge in [0.25, 0.3) is 0 Å². The Morgan fingerprint density at radius 2 is 2.00 bits per heavy atom. The van der Waals surface area contributed by atoms with Gasteiger partial charge in [-0.05, 0) is 18.9 Å². The molecule has 1 aromatic heterocycles. The lowest BCUT2D eigenvalue weighted by Gasteiger charge is -2.18. The average molecular weight is 288 g/mol. The second-order valence-corrected chi connectivity index (χ2v) is 6.52. The van der Waals surface area contributed by atoms with Gasteiger partial charge >= 0.3 is 0 Å². The number of hydrogen-bond donors (Lipinski definition) is 1. The number of aryl methyl sites for hydroxylation is 1. The van der Waals surface area contributed by atoms with Gasteiger partial charge in [-0.1, -0.05) is 56.5 Å². The molecule has 0 saturated carbocycles. The van der Waals surface area contributed by atoms with Gasteiger partial charge in [-0.15, -0.1) is 11.3 Å². The van der Waals surface area contributed by atoms with E-state index >= 15 is 0 Å². The minimum atomic E-state index is 0.437. The Balaban J connectivity index is 1.95. The molecular formula is C17H24N2S. The molecule has 0 aliphatic rings. The van der Waals surface area contributed by atoms with E-state index in [1.54, 1.807) is 11.3 Å². The summed E-state index contributed by atoms with van der Waals surface area (Å²) in [7, 11) is 0. The highest BCUT2D eigenvalue weighted by Crippen LogP contribution is 2.21. The molecule has 2 aromatic rings. The predicted octanol–water partition coefficient (Wildman–Crippen LogP) is 4.86. The Hall–Kier alpha value is -1.19. The monoisotopic (exact) mass is 288 g/mol. The van der Waals surface area contributed by atoms with Crippen molar-refractivity contribution in [1.82, 2.24) is 10.3 Å². The number of aromatic nitrogens is 1. The molecule has 0 saturated heterocycles. The number of benzene rings is 1. The Labute approximate surface area is 126 Å². The standard InChI is InChI=1S/C17H24N2S/c1-3-4-6-11-16(15-9-7-5-8-10-15)18-13-17-19-12-14(2)20-17/h5,7-10,12,16,18H,3-4,6,11,13H2,1-2H3. The second kappa shape index (κ2) is 8.18. The van der Waals surface area contributed by atoms with Gasteiger partial charge in [-0.3, -0.25) is 0 Å². The Morgan fingerprint density at radius 1 is 1.20 bits per heavy atom. The van der Waals surface area contributed by atoms with Gasteiger partial charge in [0.15, 0.2) is 0 Å². The van der Waals surface area contributed by atoms with Crippen LogP contribution in [0.2, 0.25) is 0 Å². The highest BCUT2D eigenvalue weighted by molar-refractivity contribution is 7.11. The third-order valence-corrected chi connectivity index (χ3v) is 4.38. The van der Waals surface area contributed by atoms with E-state index in [1.165, 1.54) is 41.1 Å². The lowest BCUT2D eigenvalue weighted by Crippen LogP contribution is -2.20. The van der Waals surface area contributed by atoms with Crippen LogP contribution in [0.4, 0.5) is 0 Å². The summed E-state index contributed by atoms with van der Waals surface area (Å²) in [5.74, 6) is 0. The summed E-state index contributed by atoms with van der Waals surface area (Å²) < 4.78 is 0. The zero-order valence-electron chi connectivity index (χ0n) is 12.4. The van der Waals surface area contributed by atoms with Gasteiger partial charge in [0.1, 0.15) is 5.01 Å². The molecule has 0 amide bonds. The molecule has 2 rings (SSSR count). The van der Waals surface area contributed by atoms with Crippen LogP contribution in [0.25, 0.3) is 0 Å². The molecule has 1 N–H and O–H groups in total. The van der Waals surface area contributed by atoms with Crippen LogP contribution in [0.15, 0.2) is 36.5 Å². The summed E-state index contributed by atoms with van der Waals surface area (Å²) in [6.07, 6.45) is 7.01. The van der Waals surface area contributed by atoms with E-state index in [4.69, 9.17) is 0 Å².